The smallest absolute Gasteiger partial charge is 0.137 e. The van der Waals surface area contributed by atoms with Gasteiger partial charge in [-0.15, -0.1) is 0 Å². The van der Waals surface area contributed by atoms with Gasteiger partial charge in [-0.25, -0.2) is 4.98 Å². The fourth-order valence-corrected chi connectivity index (χ4v) is 2.68. The van der Waals surface area contributed by atoms with E-state index in [9.17, 15) is 0 Å². The first-order valence-corrected chi connectivity index (χ1v) is 7.63. The maximum Gasteiger partial charge on any atom is 0.137 e. The van der Waals surface area contributed by atoms with Crippen LogP contribution in [0.25, 0.3) is 0 Å². The number of benzene rings is 1. The molecule has 0 radical (unpaired) electrons. The minimum Gasteiger partial charge on any atom is -0.329 e. The normalized spacial score (nSPS) is 14.2. The largest absolute Gasteiger partial charge is 0.329 e. The summed E-state index contributed by atoms with van der Waals surface area (Å²) in [6.07, 6.45) is 4.49. The van der Waals surface area contributed by atoms with Crippen LogP contribution >= 0.6 is 0 Å². The summed E-state index contributed by atoms with van der Waals surface area (Å²) in [5.74, 6) is 1.04. The number of hydrogen-bond acceptors (Lipinski definition) is 3. The van der Waals surface area contributed by atoms with Crippen molar-refractivity contribution < 1.29 is 0 Å². The van der Waals surface area contributed by atoms with Crippen molar-refractivity contribution in [3.63, 3.8) is 0 Å². The molecule has 0 unspecified atom stereocenters. The van der Waals surface area contributed by atoms with Crippen LogP contribution in [-0.2, 0) is 6.54 Å². The second-order valence-electron chi connectivity index (χ2n) is 6.05. The van der Waals surface area contributed by atoms with Gasteiger partial charge < -0.3 is 10.2 Å². The van der Waals surface area contributed by atoms with E-state index in [4.69, 9.17) is 0 Å². The number of nitrogens with zero attached hydrogens (tertiary/aromatic N) is 2. The predicted molar refractivity (Wildman–Crippen MR) is 88.1 cm³/mol. The van der Waals surface area contributed by atoms with Gasteiger partial charge in [0, 0.05) is 37.1 Å². The molecule has 1 aliphatic carbocycles. The highest BCUT2D eigenvalue weighted by Crippen LogP contribution is 2.27. The number of aromatic nitrogens is 1. The van der Waals surface area contributed by atoms with Crippen molar-refractivity contribution >= 4 is 11.5 Å². The Kier molecular flexibility index (Phi) is 3.93. The van der Waals surface area contributed by atoms with Crippen LogP contribution in [0, 0.1) is 13.8 Å². The lowest BCUT2D eigenvalue weighted by Gasteiger charge is -2.22. The molecule has 0 atom stereocenters. The average molecular weight is 281 g/mol. The monoisotopic (exact) mass is 281 g/mol. The predicted octanol–water partition coefficient (Wildman–Crippen LogP) is 3.72. The molecule has 0 saturated heterocycles. The Morgan fingerprint density at radius 2 is 1.90 bits per heavy atom. The van der Waals surface area contributed by atoms with E-state index < -0.39 is 0 Å². The topological polar surface area (TPSA) is 28.2 Å². The Balaban J connectivity index is 1.87. The highest BCUT2D eigenvalue weighted by atomic mass is 15.2. The van der Waals surface area contributed by atoms with Gasteiger partial charge in [-0.1, -0.05) is 12.1 Å². The van der Waals surface area contributed by atoms with E-state index in [-0.39, 0.29) is 0 Å². The molecule has 0 amide bonds. The average Bonchev–Trinajstić information content (AvgIpc) is 3.28. The summed E-state index contributed by atoms with van der Waals surface area (Å²) >= 11 is 0. The molecule has 2 aromatic rings. The third-order valence-electron chi connectivity index (χ3n) is 3.94. The van der Waals surface area contributed by atoms with Crippen molar-refractivity contribution in [3.8, 4) is 0 Å². The van der Waals surface area contributed by atoms with Gasteiger partial charge in [-0.2, -0.15) is 0 Å². The molecule has 3 heteroatoms. The lowest BCUT2D eigenvalue weighted by Crippen LogP contribution is -2.20. The lowest BCUT2D eigenvalue weighted by molar-refractivity contribution is 0.685. The zero-order chi connectivity index (χ0) is 14.8. The summed E-state index contributed by atoms with van der Waals surface area (Å²) in [6, 6.07) is 11.5. The molecule has 1 saturated carbocycles. The Bertz CT molecular complexity index is 612. The minimum absolute atomic E-state index is 0.713. The van der Waals surface area contributed by atoms with E-state index in [0.29, 0.717) is 6.04 Å². The standard InChI is InChI=1S/C18H23N3/c1-13-9-14(2)11-17(10-13)21(3)18-15(5-4-8-19-18)12-20-16-6-7-16/h4-5,8-11,16,20H,6-7,12H2,1-3H3. The van der Waals surface area contributed by atoms with Crippen LogP contribution in [0.1, 0.15) is 29.5 Å². The van der Waals surface area contributed by atoms with Gasteiger partial charge in [-0.3, -0.25) is 0 Å². The van der Waals surface area contributed by atoms with Gasteiger partial charge in [0.25, 0.3) is 0 Å². The van der Waals surface area contributed by atoms with Crippen LogP contribution in [-0.4, -0.2) is 18.1 Å². The van der Waals surface area contributed by atoms with Crippen molar-refractivity contribution in [2.24, 2.45) is 0 Å². The molecule has 1 aliphatic rings. The molecule has 1 aromatic carbocycles. The van der Waals surface area contributed by atoms with E-state index in [1.54, 1.807) is 0 Å². The van der Waals surface area contributed by atoms with Crippen LogP contribution in [0.5, 0.6) is 0 Å². The molecular formula is C18H23N3. The summed E-state index contributed by atoms with van der Waals surface area (Å²) in [5.41, 5.74) is 5.01. The maximum atomic E-state index is 4.60. The van der Waals surface area contributed by atoms with Gasteiger partial charge >= 0.3 is 0 Å². The summed E-state index contributed by atoms with van der Waals surface area (Å²) in [6.45, 7) is 5.17. The number of rotatable bonds is 5. The molecule has 21 heavy (non-hydrogen) atoms. The molecule has 1 aromatic heterocycles. The van der Waals surface area contributed by atoms with Crippen LogP contribution in [0.4, 0.5) is 11.5 Å². The maximum absolute atomic E-state index is 4.60. The first kappa shape index (κ1) is 14.1. The van der Waals surface area contributed by atoms with Gasteiger partial charge in [0.2, 0.25) is 0 Å². The quantitative estimate of drug-likeness (QED) is 0.905. The fourth-order valence-electron chi connectivity index (χ4n) is 2.68. The summed E-state index contributed by atoms with van der Waals surface area (Å²) in [4.78, 5) is 6.78. The molecule has 110 valence electrons. The highest BCUT2D eigenvalue weighted by molar-refractivity contribution is 5.63. The highest BCUT2D eigenvalue weighted by Gasteiger charge is 2.21. The van der Waals surface area contributed by atoms with Gasteiger partial charge in [0.05, 0.1) is 0 Å². The Morgan fingerprint density at radius 3 is 2.57 bits per heavy atom. The number of nitrogens with one attached hydrogen (secondary N) is 1. The molecule has 0 aliphatic heterocycles. The Morgan fingerprint density at radius 1 is 1.19 bits per heavy atom. The summed E-state index contributed by atoms with van der Waals surface area (Å²) < 4.78 is 0. The number of hydrogen-bond donors (Lipinski definition) is 1. The molecule has 0 spiro atoms. The Labute approximate surface area is 127 Å². The SMILES string of the molecule is Cc1cc(C)cc(N(C)c2ncccc2CNC2CC2)c1. The van der Waals surface area contributed by atoms with Crippen molar-refractivity contribution in [2.45, 2.75) is 39.3 Å². The third kappa shape index (κ3) is 3.42. The number of anilines is 2. The van der Waals surface area contributed by atoms with E-state index >= 15 is 0 Å². The fraction of sp³-hybridized carbons (Fsp3) is 0.389. The molecule has 1 heterocycles. The molecule has 0 bridgehead atoms. The zero-order valence-corrected chi connectivity index (χ0v) is 13.1. The molecular weight excluding hydrogens is 258 g/mol. The first-order chi connectivity index (χ1) is 10.1. The molecule has 1 N–H and O–H groups in total. The van der Waals surface area contributed by atoms with Crippen molar-refractivity contribution in [1.82, 2.24) is 10.3 Å². The van der Waals surface area contributed by atoms with Crippen LogP contribution in [0.3, 0.4) is 0 Å². The van der Waals surface area contributed by atoms with Gasteiger partial charge in [0.1, 0.15) is 5.82 Å². The van der Waals surface area contributed by atoms with E-state index in [0.717, 1.165) is 12.4 Å². The minimum atomic E-state index is 0.713. The molecule has 3 nitrogen and oxygen atoms in total. The van der Waals surface area contributed by atoms with E-state index in [1.807, 2.05) is 12.3 Å². The van der Waals surface area contributed by atoms with Crippen molar-refractivity contribution in [3.05, 3.63) is 53.2 Å². The lowest BCUT2D eigenvalue weighted by atomic mass is 10.1. The molecule has 1 fully saturated rings. The van der Waals surface area contributed by atoms with Gasteiger partial charge in [-0.05, 0) is 56.0 Å². The first-order valence-electron chi connectivity index (χ1n) is 7.63. The zero-order valence-electron chi connectivity index (χ0n) is 13.1. The van der Waals surface area contributed by atoms with E-state index in [1.165, 1.54) is 35.2 Å². The van der Waals surface area contributed by atoms with Crippen molar-refractivity contribution in [2.75, 3.05) is 11.9 Å². The van der Waals surface area contributed by atoms with E-state index in [2.05, 4.69) is 60.4 Å². The van der Waals surface area contributed by atoms with Crippen LogP contribution in [0.15, 0.2) is 36.5 Å². The van der Waals surface area contributed by atoms with Gasteiger partial charge in [0.15, 0.2) is 0 Å². The van der Waals surface area contributed by atoms with Crippen molar-refractivity contribution in [1.29, 1.82) is 0 Å². The summed E-state index contributed by atoms with van der Waals surface area (Å²) in [7, 11) is 2.09. The second-order valence-corrected chi connectivity index (χ2v) is 6.05. The molecule has 3 rings (SSSR count). The third-order valence-corrected chi connectivity index (χ3v) is 3.94. The van der Waals surface area contributed by atoms with Crippen LogP contribution in [0.2, 0.25) is 0 Å². The Hall–Kier alpha value is -1.87. The second kappa shape index (κ2) is 5.86. The summed E-state index contributed by atoms with van der Waals surface area (Å²) in [5, 5.41) is 3.58. The number of pyridine rings is 1. The number of aryl methyl sites for hydroxylation is 2. The van der Waals surface area contributed by atoms with Crippen LogP contribution < -0.4 is 10.2 Å².